The normalized spacial score (nSPS) is 18.0. The molecule has 1 heteroatoms. The molecular formula is C32H43F. The first-order chi connectivity index (χ1) is 16.2. The number of rotatable bonds is 11. The zero-order valence-electron chi connectivity index (χ0n) is 21.0. The fourth-order valence-corrected chi connectivity index (χ4v) is 5.03. The molecule has 0 radical (unpaired) electrons. The number of unbranched alkanes of at least 4 members (excludes halogenated alkanes) is 6. The van der Waals surface area contributed by atoms with Gasteiger partial charge in [0.2, 0.25) is 0 Å². The number of aryl methyl sites for hydroxylation is 2. The summed E-state index contributed by atoms with van der Waals surface area (Å²) >= 11 is 0. The third-order valence-corrected chi connectivity index (χ3v) is 7.26. The van der Waals surface area contributed by atoms with Crippen LogP contribution in [0.15, 0.2) is 42.5 Å². The van der Waals surface area contributed by atoms with Crippen molar-refractivity contribution in [1.82, 2.24) is 0 Å². The zero-order chi connectivity index (χ0) is 23.3. The molecule has 33 heavy (non-hydrogen) atoms. The zero-order valence-corrected chi connectivity index (χ0v) is 21.0. The summed E-state index contributed by atoms with van der Waals surface area (Å²) in [5.41, 5.74) is 4.62. The van der Waals surface area contributed by atoms with Crippen LogP contribution in [-0.4, -0.2) is 0 Å². The van der Waals surface area contributed by atoms with Crippen LogP contribution < -0.4 is 0 Å². The lowest BCUT2D eigenvalue weighted by molar-refractivity contribution is 0.384. The van der Waals surface area contributed by atoms with E-state index >= 15 is 0 Å². The van der Waals surface area contributed by atoms with Crippen LogP contribution in [-0.2, 0) is 12.8 Å². The molecule has 1 aliphatic carbocycles. The summed E-state index contributed by atoms with van der Waals surface area (Å²) in [7, 11) is 0. The highest BCUT2D eigenvalue weighted by atomic mass is 19.1. The van der Waals surface area contributed by atoms with Crippen molar-refractivity contribution in [3.63, 3.8) is 0 Å². The molecule has 178 valence electrons. The minimum absolute atomic E-state index is 0.157. The largest absolute Gasteiger partial charge is 0.206 e. The molecule has 2 aromatic carbocycles. The van der Waals surface area contributed by atoms with Crippen LogP contribution in [0.1, 0.15) is 119 Å². The molecule has 1 aliphatic rings. The van der Waals surface area contributed by atoms with Gasteiger partial charge in [0.15, 0.2) is 0 Å². The predicted molar refractivity (Wildman–Crippen MR) is 140 cm³/mol. The maximum Gasteiger partial charge on any atom is 0.139 e. The van der Waals surface area contributed by atoms with Gasteiger partial charge >= 0.3 is 0 Å². The standard InChI is InChI=1S/C32H43F/c1-3-5-7-8-10-11-26-13-19-29(20-14-26)30-21-15-27(16-22-30)17-23-31-24-18-28(25-32(31)33)12-9-6-4-2/h13-14,18-20,24-25,27,30H,3-12,15-16,21-22H2,1-2H3/t27-,30-. The van der Waals surface area contributed by atoms with Crippen molar-refractivity contribution in [2.24, 2.45) is 5.92 Å². The van der Waals surface area contributed by atoms with E-state index in [1.165, 1.54) is 75.3 Å². The topological polar surface area (TPSA) is 0 Å². The van der Waals surface area contributed by atoms with Crippen LogP contribution in [0.2, 0.25) is 0 Å². The van der Waals surface area contributed by atoms with Gasteiger partial charge in [-0.1, -0.05) is 94.5 Å². The Labute approximate surface area is 202 Å². The van der Waals surface area contributed by atoms with Gasteiger partial charge in [-0.2, -0.15) is 0 Å². The second-order valence-electron chi connectivity index (χ2n) is 9.99. The molecule has 0 atom stereocenters. The summed E-state index contributed by atoms with van der Waals surface area (Å²) in [5.74, 6) is 7.42. The molecule has 3 rings (SSSR count). The summed E-state index contributed by atoms with van der Waals surface area (Å²) < 4.78 is 14.5. The smallest absolute Gasteiger partial charge is 0.139 e. The van der Waals surface area contributed by atoms with Crippen LogP contribution in [0.25, 0.3) is 0 Å². The van der Waals surface area contributed by atoms with Crippen molar-refractivity contribution in [3.05, 3.63) is 70.5 Å². The third kappa shape index (κ3) is 8.66. The van der Waals surface area contributed by atoms with E-state index in [4.69, 9.17) is 0 Å². The summed E-state index contributed by atoms with van der Waals surface area (Å²) in [6.07, 6.45) is 17.0. The Bertz CT molecular complexity index is 875. The van der Waals surface area contributed by atoms with Gasteiger partial charge in [0.05, 0.1) is 5.56 Å². The minimum atomic E-state index is -0.157. The third-order valence-electron chi connectivity index (χ3n) is 7.26. The average Bonchev–Trinajstić information content (AvgIpc) is 2.84. The molecule has 0 heterocycles. The maximum atomic E-state index is 14.5. The molecular weight excluding hydrogens is 403 g/mol. The first-order valence-corrected chi connectivity index (χ1v) is 13.6. The van der Waals surface area contributed by atoms with E-state index in [-0.39, 0.29) is 5.82 Å². The van der Waals surface area contributed by atoms with Gasteiger partial charge in [0.1, 0.15) is 5.82 Å². The minimum Gasteiger partial charge on any atom is -0.206 e. The van der Waals surface area contributed by atoms with Crippen molar-refractivity contribution in [1.29, 1.82) is 0 Å². The monoisotopic (exact) mass is 446 g/mol. The second-order valence-corrected chi connectivity index (χ2v) is 9.99. The summed E-state index contributed by atoms with van der Waals surface area (Å²) in [6.45, 7) is 4.46. The summed E-state index contributed by atoms with van der Waals surface area (Å²) in [6, 6.07) is 15.0. The second kappa shape index (κ2) is 14.2. The Morgan fingerprint density at radius 1 is 0.727 bits per heavy atom. The van der Waals surface area contributed by atoms with E-state index in [1.54, 1.807) is 6.07 Å². The first-order valence-electron chi connectivity index (χ1n) is 13.6. The van der Waals surface area contributed by atoms with E-state index in [1.807, 2.05) is 6.07 Å². The Morgan fingerprint density at radius 2 is 1.33 bits per heavy atom. The van der Waals surface area contributed by atoms with Gasteiger partial charge in [-0.15, -0.1) is 0 Å². The molecule has 0 N–H and O–H groups in total. The molecule has 0 aromatic heterocycles. The molecule has 0 aliphatic heterocycles. The number of hydrogen-bond donors (Lipinski definition) is 0. The highest BCUT2D eigenvalue weighted by Gasteiger charge is 2.21. The maximum absolute atomic E-state index is 14.5. The molecule has 0 unspecified atom stereocenters. The van der Waals surface area contributed by atoms with Crippen LogP contribution in [0.4, 0.5) is 4.39 Å². The van der Waals surface area contributed by atoms with Gasteiger partial charge in [0, 0.05) is 5.92 Å². The highest BCUT2D eigenvalue weighted by molar-refractivity contribution is 5.38. The lowest BCUT2D eigenvalue weighted by atomic mass is 9.78. The number of halogens is 1. The molecule has 0 nitrogen and oxygen atoms in total. The fraction of sp³-hybridized carbons (Fsp3) is 0.562. The first kappa shape index (κ1) is 25.6. The predicted octanol–water partition coefficient (Wildman–Crippen LogP) is 9.40. The van der Waals surface area contributed by atoms with Crippen molar-refractivity contribution < 1.29 is 4.39 Å². The Balaban J connectivity index is 1.44. The van der Waals surface area contributed by atoms with Crippen molar-refractivity contribution in [2.75, 3.05) is 0 Å². The van der Waals surface area contributed by atoms with Crippen molar-refractivity contribution >= 4 is 0 Å². The average molecular weight is 447 g/mol. The summed E-state index contributed by atoms with van der Waals surface area (Å²) in [5, 5.41) is 0. The van der Waals surface area contributed by atoms with E-state index < -0.39 is 0 Å². The quantitative estimate of drug-likeness (QED) is 0.238. The van der Waals surface area contributed by atoms with E-state index in [0.29, 0.717) is 17.4 Å². The molecule has 0 spiro atoms. The Hall–Kier alpha value is -2.07. The van der Waals surface area contributed by atoms with Crippen LogP contribution in [0.5, 0.6) is 0 Å². The molecule has 1 saturated carbocycles. The number of benzene rings is 2. The molecule has 2 aromatic rings. The van der Waals surface area contributed by atoms with Crippen LogP contribution in [0, 0.1) is 23.6 Å². The van der Waals surface area contributed by atoms with Crippen molar-refractivity contribution in [2.45, 2.75) is 110 Å². The van der Waals surface area contributed by atoms with E-state index in [0.717, 1.165) is 31.2 Å². The lowest BCUT2D eigenvalue weighted by Gasteiger charge is -2.26. The number of hydrogen-bond acceptors (Lipinski definition) is 0. The molecule has 1 fully saturated rings. The van der Waals surface area contributed by atoms with Gasteiger partial charge < -0.3 is 0 Å². The van der Waals surface area contributed by atoms with Gasteiger partial charge in [0.25, 0.3) is 0 Å². The highest BCUT2D eigenvalue weighted by Crippen LogP contribution is 2.35. The van der Waals surface area contributed by atoms with Gasteiger partial charge in [-0.05, 0) is 86.1 Å². The van der Waals surface area contributed by atoms with E-state index in [2.05, 4.69) is 56.0 Å². The van der Waals surface area contributed by atoms with Gasteiger partial charge in [-0.25, -0.2) is 4.39 Å². The summed E-state index contributed by atoms with van der Waals surface area (Å²) in [4.78, 5) is 0. The van der Waals surface area contributed by atoms with Crippen LogP contribution >= 0.6 is 0 Å². The van der Waals surface area contributed by atoms with E-state index in [9.17, 15) is 4.39 Å². The molecule has 0 saturated heterocycles. The van der Waals surface area contributed by atoms with Gasteiger partial charge in [-0.3, -0.25) is 0 Å². The lowest BCUT2D eigenvalue weighted by Crippen LogP contribution is -2.12. The fourth-order valence-electron chi connectivity index (χ4n) is 5.03. The SMILES string of the molecule is CCCCCCCc1ccc([C@H]2CC[C@H](C#Cc3ccc(CCCCC)cc3F)CC2)cc1. The molecule has 0 bridgehead atoms. The van der Waals surface area contributed by atoms with Crippen LogP contribution in [0.3, 0.4) is 0 Å². The van der Waals surface area contributed by atoms with Crippen molar-refractivity contribution in [3.8, 4) is 11.8 Å². The molecule has 0 amide bonds. The Morgan fingerprint density at radius 3 is 2.03 bits per heavy atom. The Kier molecular flexibility index (Phi) is 11.0.